The second-order valence-electron chi connectivity index (χ2n) is 4.22. The Kier molecular flexibility index (Phi) is 4.42. The maximum atomic E-state index is 13.1. The van der Waals surface area contributed by atoms with E-state index < -0.39 is 27.0 Å². The maximum absolute atomic E-state index is 13.1. The fraction of sp³-hybridized carbons (Fsp3) is 0.364. The number of halogens is 2. The predicted octanol–water partition coefficient (Wildman–Crippen LogP) is 1.87. The number of hydrogen-bond donors (Lipinski definition) is 1. The Bertz CT molecular complexity index is 617. The van der Waals surface area contributed by atoms with Crippen molar-refractivity contribution in [3.05, 3.63) is 28.5 Å². The molecular formula is C11H14ClFN2O3S. The van der Waals surface area contributed by atoms with Gasteiger partial charge in [0.05, 0.1) is 21.5 Å². The Morgan fingerprint density at radius 2 is 1.95 bits per heavy atom. The number of rotatable bonds is 3. The fourth-order valence-corrected chi connectivity index (χ4v) is 2.52. The van der Waals surface area contributed by atoms with Gasteiger partial charge in [0.15, 0.2) is 0 Å². The highest BCUT2D eigenvalue weighted by atomic mass is 35.5. The number of benzene rings is 1. The molecule has 0 aliphatic carbocycles. The summed E-state index contributed by atoms with van der Waals surface area (Å²) in [5, 5.41) is -0.958. The highest BCUT2D eigenvalue weighted by Crippen LogP contribution is 2.24. The van der Waals surface area contributed by atoms with Crippen molar-refractivity contribution in [2.45, 2.75) is 19.1 Å². The molecule has 0 radical (unpaired) electrons. The molecule has 0 heterocycles. The monoisotopic (exact) mass is 308 g/mol. The molecule has 2 N–H and O–H groups in total. The largest absolute Gasteiger partial charge is 0.396 e. The number of nitrogens with two attached hydrogens (primary N) is 1. The van der Waals surface area contributed by atoms with Gasteiger partial charge in [0.2, 0.25) is 10.0 Å². The maximum Gasteiger partial charge on any atom is 0.268 e. The van der Waals surface area contributed by atoms with Gasteiger partial charge in [-0.05, 0) is 26.0 Å². The molecule has 5 nitrogen and oxygen atoms in total. The van der Waals surface area contributed by atoms with E-state index in [9.17, 15) is 17.6 Å². The summed E-state index contributed by atoms with van der Waals surface area (Å²) in [5.41, 5.74) is 4.91. The van der Waals surface area contributed by atoms with E-state index in [0.717, 1.165) is 19.2 Å². The van der Waals surface area contributed by atoms with Crippen LogP contribution >= 0.6 is 11.6 Å². The zero-order valence-electron chi connectivity index (χ0n) is 10.6. The van der Waals surface area contributed by atoms with Gasteiger partial charge < -0.3 is 5.73 Å². The molecule has 106 valence electrons. The van der Waals surface area contributed by atoms with Crippen LogP contribution in [0.1, 0.15) is 24.2 Å². The molecule has 0 fully saturated rings. The third-order valence-electron chi connectivity index (χ3n) is 2.58. The van der Waals surface area contributed by atoms with Crippen LogP contribution in [0.25, 0.3) is 0 Å². The first-order valence-corrected chi connectivity index (χ1v) is 7.23. The SMILES string of the molecule is CC(C)S(=O)(=O)N(C)C(=O)c1cc(N)c(F)cc1Cl. The second-order valence-corrected chi connectivity index (χ2v) is 7.15. The Morgan fingerprint density at radius 1 is 1.42 bits per heavy atom. The molecule has 1 rings (SSSR count). The van der Waals surface area contributed by atoms with Crippen molar-refractivity contribution in [1.29, 1.82) is 0 Å². The van der Waals surface area contributed by atoms with Crippen LogP contribution in [0.3, 0.4) is 0 Å². The molecule has 0 aromatic heterocycles. The van der Waals surface area contributed by atoms with Crippen molar-refractivity contribution in [2.24, 2.45) is 0 Å². The predicted molar refractivity (Wildman–Crippen MR) is 72.0 cm³/mol. The van der Waals surface area contributed by atoms with Crippen molar-refractivity contribution in [2.75, 3.05) is 12.8 Å². The van der Waals surface area contributed by atoms with E-state index in [-0.39, 0.29) is 16.3 Å². The topological polar surface area (TPSA) is 80.5 Å². The minimum absolute atomic E-state index is 0.160. The molecule has 8 heteroatoms. The zero-order chi connectivity index (χ0) is 15.0. The number of amides is 1. The van der Waals surface area contributed by atoms with E-state index in [0.29, 0.717) is 4.31 Å². The van der Waals surface area contributed by atoms with E-state index in [4.69, 9.17) is 17.3 Å². The summed E-state index contributed by atoms with van der Waals surface area (Å²) in [6, 6.07) is 1.90. The first-order chi connectivity index (χ1) is 8.59. The number of sulfonamides is 1. The van der Waals surface area contributed by atoms with Crippen molar-refractivity contribution >= 4 is 33.2 Å². The lowest BCUT2D eigenvalue weighted by molar-refractivity contribution is 0.0882. The Labute approximate surface area is 116 Å². The normalized spacial score (nSPS) is 11.7. The van der Waals surface area contributed by atoms with E-state index >= 15 is 0 Å². The Hall–Kier alpha value is -1.34. The summed E-state index contributed by atoms with van der Waals surface area (Å²) in [4.78, 5) is 12.1. The van der Waals surface area contributed by atoms with Crippen LogP contribution in [-0.2, 0) is 10.0 Å². The minimum atomic E-state index is -3.77. The van der Waals surface area contributed by atoms with Crippen LogP contribution in [0.5, 0.6) is 0 Å². The van der Waals surface area contributed by atoms with E-state index in [1.165, 1.54) is 13.8 Å². The van der Waals surface area contributed by atoms with Gasteiger partial charge in [-0.1, -0.05) is 11.6 Å². The van der Waals surface area contributed by atoms with Crippen LogP contribution in [-0.4, -0.2) is 30.9 Å². The summed E-state index contributed by atoms with van der Waals surface area (Å²) in [7, 11) is -2.65. The highest BCUT2D eigenvalue weighted by Gasteiger charge is 2.29. The lowest BCUT2D eigenvalue weighted by Crippen LogP contribution is -2.38. The Morgan fingerprint density at radius 3 is 2.42 bits per heavy atom. The number of nitrogen functional groups attached to an aromatic ring is 1. The van der Waals surface area contributed by atoms with E-state index in [2.05, 4.69) is 0 Å². The second kappa shape index (κ2) is 5.34. The number of hydrogen-bond acceptors (Lipinski definition) is 4. The van der Waals surface area contributed by atoms with Crippen molar-refractivity contribution in [3.63, 3.8) is 0 Å². The number of nitrogens with zero attached hydrogens (tertiary/aromatic N) is 1. The van der Waals surface area contributed by atoms with Crippen LogP contribution < -0.4 is 5.73 Å². The van der Waals surface area contributed by atoms with Crippen LogP contribution in [0.4, 0.5) is 10.1 Å². The number of carbonyl (C=O) groups is 1. The molecule has 1 aromatic rings. The van der Waals surface area contributed by atoms with Gasteiger partial charge in [0.1, 0.15) is 5.82 Å². The van der Waals surface area contributed by atoms with Crippen LogP contribution in [0, 0.1) is 5.82 Å². The summed E-state index contributed by atoms with van der Waals surface area (Å²) >= 11 is 5.73. The van der Waals surface area contributed by atoms with Crippen molar-refractivity contribution in [1.82, 2.24) is 4.31 Å². The third kappa shape index (κ3) is 2.98. The average Bonchev–Trinajstić information content (AvgIpc) is 2.31. The van der Waals surface area contributed by atoms with Gasteiger partial charge in [0, 0.05) is 7.05 Å². The quantitative estimate of drug-likeness (QED) is 0.864. The number of carbonyl (C=O) groups excluding carboxylic acids is 1. The first kappa shape index (κ1) is 15.7. The molecule has 0 bridgehead atoms. The van der Waals surface area contributed by atoms with Gasteiger partial charge in [-0.15, -0.1) is 0 Å². The molecule has 1 amide bonds. The van der Waals surface area contributed by atoms with Crippen LogP contribution in [0.15, 0.2) is 12.1 Å². The summed E-state index contributed by atoms with van der Waals surface area (Å²) in [5.74, 6) is -1.62. The average molecular weight is 309 g/mol. The third-order valence-corrected chi connectivity index (χ3v) is 5.01. The van der Waals surface area contributed by atoms with Gasteiger partial charge in [-0.2, -0.15) is 0 Å². The number of anilines is 1. The van der Waals surface area contributed by atoms with Gasteiger partial charge in [0.25, 0.3) is 5.91 Å². The molecule has 0 aliphatic rings. The van der Waals surface area contributed by atoms with E-state index in [1.54, 1.807) is 0 Å². The Balaban J connectivity index is 3.26. The molecule has 0 saturated carbocycles. The lowest BCUT2D eigenvalue weighted by Gasteiger charge is -2.20. The summed E-state index contributed by atoms with van der Waals surface area (Å²) in [6.45, 7) is 2.89. The molecule has 0 spiro atoms. The van der Waals surface area contributed by atoms with Crippen LogP contribution in [0.2, 0.25) is 5.02 Å². The molecule has 0 unspecified atom stereocenters. The lowest BCUT2D eigenvalue weighted by atomic mass is 10.2. The van der Waals surface area contributed by atoms with Gasteiger partial charge >= 0.3 is 0 Å². The molecule has 0 aliphatic heterocycles. The molecule has 0 saturated heterocycles. The van der Waals surface area contributed by atoms with Gasteiger partial charge in [-0.25, -0.2) is 17.1 Å². The highest BCUT2D eigenvalue weighted by molar-refractivity contribution is 7.90. The van der Waals surface area contributed by atoms with E-state index in [1.807, 2.05) is 0 Å². The summed E-state index contributed by atoms with van der Waals surface area (Å²) < 4.78 is 37.4. The molecule has 0 atom stereocenters. The first-order valence-electron chi connectivity index (χ1n) is 5.35. The molecule has 1 aromatic carbocycles. The molecule has 19 heavy (non-hydrogen) atoms. The fourth-order valence-electron chi connectivity index (χ4n) is 1.33. The minimum Gasteiger partial charge on any atom is -0.396 e. The summed E-state index contributed by atoms with van der Waals surface area (Å²) in [6.07, 6.45) is 0. The van der Waals surface area contributed by atoms with Crippen molar-refractivity contribution < 1.29 is 17.6 Å². The molecular weight excluding hydrogens is 295 g/mol. The van der Waals surface area contributed by atoms with Gasteiger partial charge in [-0.3, -0.25) is 4.79 Å². The smallest absolute Gasteiger partial charge is 0.268 e. The zero-order valence-corrected chi connectivity index (χ0v) is 12.2. The van der Waals surface area contributed by atoms with Crippen molar-refractivity contribution in [3.8, 4) is 0 Å². The standard InChI is InChI=1S/C11H14ClFN2O3S/c1-6(2)19(17,18)15(3)11(16)7-4-10(14)9(13)5-8(7)12/h4-6H,14H2,1-3H3.